The summed E-state index contributed by atoms with van der Waals surface area (Å²) in [5.41, 5.74) is 0. The number of rotatable bonds is 4. The molecule has 2 rings (SSSR count). The van der Waals surface area contributed by atoms with E-state index in [1.54, 1.807) is 7.11 Å². The first-order valence-electron chi connectivity index (χ1n) is 4.76. The minimum atomic E-state index is 0.756. The molecule has 0 amide bonds. The van der Waals surface area contributed by atoms with Crippen LogP contribution >= 0.6 is 15.9 Å². The van der Waals surface area contributed by atoms with Crippen molar-refractivity contribution in [1.82, 2.24) is 0 Å². The first-order chi connectivity index (χ1) is 6.81. The molecular weight excluding hydrogens is 244 g/mol. The van der Waals surface area contributed by atoms with E-state index < -0.39 is 0 Å². The van der Waals surface area contributed by atoms with E-state index in [4.69, 9.17) is 9.47 Å². The Morgan fingerprint density at radius 3 is 2.86 bits per heavy atom. The lowest BCUT2D eigenvalue weighted by molar-refractivity contribution is 0.278. The van der Waals surface area contributed by atoms with Crippen LogP contribution in [0.25, 0.3) is 0 Å². The van der Waals surface area contributed by atoms with Gasteiger partial charge >= 0.3 is 0 Å². The molecule has 0 saturated heterocycles. The van der Waals surface area contributed by atoms with Gasteiger partial charge in [0.1, 0.15) is 0 Å². The van der Waals surface area contributed by atoms with Gasteiger partial charge in [-0.1, -0.05) is 6.07 Å². The van der Waals surface area contributed by atoms with Crippen molar-refractivity contribution >= 4 is 15.9 Å². The quantitative estimate of drug-likeness (QED) is 0.824. The summed E-state index contributed by atoms with van der Waals surface area (Å²) in [5.74, 6) is 2.37. The highest BCUT2D eigenvalue weighted by Crippen LogP contribution is 2.37. The molecule has 0 bridgehead atoms. The van der Waals surface area contributed by atoms with Gasteiger partial charge in [-0.05, 0) is 46.8 Å². The van der Waals surface area contributed by atoms with Crippen molar-refractivity contribution in [1.29, 1.82) is 0 Å². The number of ether oxygens (including phenoxy) is 2. The average molecular weight is 257 g/mol. The Labute approximate surface area is 92.3 Å². The molecule has 1 aromatic rings. The molecule has 0 N–H and O–H groups in total. The van der Waals surface area contributed by atoms with Crippen LogP contribution in [-0.2, 0) is 0 Å². The first-order valence-corrected chi connectivity index (χ1v) is 5.56. The minimum Gasteiger partial charge on any atom is -0.493 e. The van der Waals surface area contributed by atoms with Gasteiger partial charge in [-0.25, -0.2) is 0 Å². The van der Waals surface area contributed by atoms with E-state index in [0.717, 1.165) is 28.5 Å². The van der Waals surface area contributed by atoms with Crippen molar-refractivity contribution < 1.29 is 9.47 Å². The topological polar surface area (TPSA) is 18.5 Å². The summed E-state index contributed by atoms with van der Waals surface area (Å²) in [6.45, 7) is 0.805. The van der Waals surface area contributed by atoms with Crippen molar-refractivity contribution in [3.05, 3.63) is 22.7 Å². The highest BCUT2D eigenvalue weighted by Gasteiger charge is 2.23. The maximum atomic E-state index is 5.71. The van der Waals surface area contributed by atoms with Crippen LogP contribution in [-0.4, -0.2) is 13.7 Å². The Balaban J connectivity index is 2.11. The number of para-hydroxylation sites is 1. The molecule has 0 heterocycles. The number of hydrogen-bond donors (Lipinski definition) is 0. The molecule has 1 aliphatic rings. The number of benzene rings is 1. The molecule has 14 heavy (non-hydrogen) atoms. The predicted molar refractivity (Wildman–Crippen MR) is 58.9 cm³/mol. The Bertz CT molecular complexity index is 321. The van der Waals surface area contributed by atoms with Crippen LogP contribution in [0.1, 0.15) is 12.8 Å². The third kappa shape index (κ3) is 2.21. The molecule has 0 spiro atoms. The molecule has 0 aliphatic heterocycles. The summed E-state index contributed by atoms with van der Waals surface area (Å²) in [6, 6.07) is 5.81. The SMILES string of the molecule is COc1cccc(Br)c1OCC1CC1. The molecule has 2 nitrogen and oxygen atoms in total. The predicted octanol–water partition coefficient (Wildman–Crippen LogP) is 3.25. The van der Waals surface area contributed by atoms with Gasteiger partial charge in [0.15, 0.2) is 11.5 Å². The maximum absolute atomic E-state index is 5.71. The molecule has 1 aliphatic carbocycles. The zero-order chi connectivity index (χ0) is 9.97. The summed E-state index contributed by atoms with van der Waals surface area (Å²) in [4.78, 5) is 0. The van der Waals surface area contributed by atoms with Gasteiger partial charge in [0.25, 0.3) is 0 Å². The van der Waals surface area contributed by atoms with Gasteiger partial charge in [-0.3, -0.25) is 0 Å². The second-order valence-corrected chi connectivity index (χ2v) is 4.38. The molecular formula is C11H13BrO2. The zero-order valence-electron chi connectivity index (χ0n) is 8.13. The molecule has 1 fully saturated rings. The average Bonchev–Trinajstić information content (AvgIpc) is 2.99. The molecule has 0 aromatic heterocycles. The van der Waals surface area contributed by atoms with E-state index in [1.165, 1.54) is 12.8 Å². The molecule has 3 heteroatoms. The summed E-state index contributed by atoms with van der Waals surface area (Å²) < 4.78 is 11.9. The third-order valence-corrected chi connectivity index (χ3v) is 2.94. The van der Waals surface area contributed by atoms with Gasteiger partial charge in [0.05, 0.1) is 18.2 Å². The Kier molecular flexibility index (Phi) is 2.96. The standard InChI is InChI=1S/C11H13BrO2/c1-13-10-4-2-3-9(12)11(10)14-7-8-5-6-8/h2-4,8H,5-7H2,1H3. The van der Waals surface area contributed by atoms with E-state index in [1.807, 2.05) is 18.2 Å². The maximum Gasteiger partial charge on any atom is 0.175 e. The smallest absolute Gasteiger partial charge is 0.175 e. The second kappa shape index (κ2) is 4.22. The first kappa shape index (κ1) is 9.84. The van der Waals surface area contributed by atoms with Gasteiger partial charge < -0.3 is 9.47 Å². The van der Waals surface area contributed by atoms with Crippen LogP contribution in [0.15, 0.2) is 22.7 Å². The summed E-state index contributed by atoms with van der Waals surface area (Å²) >= 11 is 3.45. The summed E-state index contributed by atoms with van der Waals surface area (Å²) in [6.07, 6.45) is 2.60. The van der Waals surface area contributed by atoms with Gasteiger partial charge in [0.2, 0.25) is 0 Å². The number of methoxy groups -OCH3 is 1. The van der Waals surface area contributed by atoms with Crippen molar-refractivity contribution in [2.24, 2.45) is 5.92 Å². The van der Waals surface area contributed by atoms with Crippen molar-refractivity contribution in [2.75, 3.05) is 13.7 Å². The molecule has 1 aromatic carbocycles. The van der Waals surface area contributed by atoms with Gasteiger partial charge in [-0.15, -0.1) is 0 Å². The molecule has 76 valence electrons. The second-order valence-electron chi connectivity index (χ2n) is 3.53. The Hall–Kier alpha value is -0.700. The zero-order valence-corrected chi connectivity index (χ0v) is 9.71. The summed E-state index contributed by atoms with van der Waals surface area (Å²) in [5, 5.41) is 0. The van der Waals surface area contributed by atoms with E-state index >= 15 is 0 Å². The van der Waals surface area contributed by atoms with Crippen molar-refractivity contribution in [3.8, 4) is 11.5 Å². The van der Waals surface area contributed by atoms with E-state index in [9.17, 15) is 0 Å². The van der Waals surface area contributed by atoms with Crippen LogP contribution in [0.2, 0.25) is 0 Å². The lowest BCUT2D eigenvalue weighted by Crippen LogP contribution is -2.01. The van der Waals surface area contributed by atoms with Crippen LogP contribution in [0, 0.1) is 5.92 Å². The third-order valence-electron chi connectivity index (χ3n) is 2.31. The summed E-state index contributed by atoms with van der Waals surface area (Å²) in [7, 11) is 1.66. The monoisotopic (exact) mass is 256 g/mol. The van der Waals surface area contributed by atoms with E-state index in [2.05, 4.69) is 15.9 Å². The molecule has 0 radical (unpaired) electrons. The lowest BCUT2D eigenvalue weighted by atomic mass is 10.3. The van der Waals surface area contributed by atoms with Crippen molar-refractivity contribution in [2.45, 2.75) is 12.8 Å². The molecule has 0 unspecified atom stereocenters. The lowest BCUT2D eigenvalue weighted by Gasteiger charge is -2.11. The Morgan fingerprint density at radius 2 is 2.21 bits per heavy atom. The number of halogens is 1. The van der Waals surface area contributed by atoms with E-state index in [-0.39, 0.29) is 0 Å². The highest BCUT2D eigenvalue weighted by atomic mass is 79.9. The largest absolute Gasteiger partial charge is 0.493 e. The fourth-order valence-corrected chi connectivity index (χ4v) is 1.74. The van der Waals surface area contributed by atoms with Gasteiger partial charge in [-0.2, -0.15) is 0 Å². The number of hydrogen-bond acceptors (Lipinski definition) is 2. The minimum absolute atomic E-state index is 0.756. The van der Waals surface area contributed by atoms with Crippen LogP contribution in [0.3, 0.4) is 0 Å². The fourth-order valence-electron chi connectivity index (χ4n) is 1.28. The van der Waals surface area contributed by atoms with Crippen LogP contribution in [0.4, 0.5) is 0 Å². The van der Waals surface area contributed by atoms with Crippen LogP contribution in [0.5, 0.6) is 11.5 Å². The van der Waals surface area contributed by atoms with E-state index in [0.29, 0.717) is 0 Å². The molecule has 0 atom stereocenters. The van der Waals surface area contributed by atoms with Crippen molar-refractivity contribution in [3.63, 3.8) is 0 Å². The normalized spacial score (nSPS) is 15.3. The fraction of sp³-hybridized carbons (Fsp3) is 0.455. The van der Waals surface area contributed by atoms with Gasteiger partial charge in [0, 0.05) is 0 Å². The Morgan fingerprint density at radius 1 is 1.43 bits per heavy atom. The highest BCUT2D eigenvalue weighted by molar-refractivity contribution is 9.10. The molecule has 1 saturated carbocycles. The van der Waals surface area contributed by atoms with Crippen LogP contribution < -0.4 is 9.47 Å².